The summed E-state index contributed by atoms with van der Waals surface area (Å²) in [5.41, 5.74) is 12.5. The van der Waals surface area contributed by atoms with Crippen molar-refractivity contribution >= 4 is 30.4 Å². The first-order valence-electron chi connectivity index (χ1n) is 10.5. The number of nitrogens with one attached hydrogen (secondary N) is 2. The standard InChI is InChI=1S/C16H24N4O3.C7H16S/c1-11(21)20-14(15(18)22)7-2-3-8-19-16(23)13-6-4-5-12(9-13)10-17;1-6(2,3)7(4,5)8/h4-6,9,14H,2-3,7-8,10,17H2,1H3,(H2,18,22)(H,19,23)(H,20,21);8H,1-5H3. The third-order valence-electron chi connectivity index (χ3n) is 5.19. The number of hydrogen-bond donors (Lipinski definition) is 5. The van der Waals surface area contributed by atoms with Crippen LogP contribution >= 0.6 is 12.6 Å². The Balaban J connectivity index is 0.000000954. The molecule has 0 spiro atoms. The number of benzene rings is 1. The van der Waals surface area contributed by atoms with E-state index >= 15 is 0 Å². The zero-order valence-electron chi connectivity index (χ0n) is 19.7. The third kappa shape index (κ3) is 12.4. The molecule has 0 aliphatic rings. The van der Waals surface area contributed by atoms with E-state index < -0.39 is 11.9 Å². The maximum Gasteiger partial charge on any atom is 0.251 e. The van der Waals surface area contributed by atoms with Crippen molar-refractivity contribution in [3.8, 4) is 0 Å². The molecule has 1 unspecified atom stereocenters. The van der Waals surface area contributed by atoms with Gasteiger partial charge >= 0.3 is 0 Å². The van der Waals surface area contributed by atoms with Crippen LogP contribution in [0.5, 0.6) is 0 Å². The number of amides is 3. The zero-order valence-corrected chi connectivity index (χ0v) is 20.6. The van der Waals surface area contributed by atoms with Gasteiger partial charge in [0.15, 0.2) is 0 Å². The fraction of sp³-hybridized carbons (Fsp3) is 0.609. The van der Waals surface area contributed by atoms with E-state index in [4.69, 9.17) is 11.5 Å². The lowest BCUT2D eigenvalue weighted by molar-refractivity contribution is -0.126. The summed E-state index contributed by atoms with van der Waals surface area (Å²) in [5, 5.41) is 5.32. The quantitative estimate of drug-likeness (QED) is 0.291. The van der Waals surface area contributed by atoms with Crippen LogP contribution in [0.2, 0.25) is 0 Å². The molecule has 0 saturated carbocycles. The number of rotatable bonds is 9. The fourth-order valence-corrected chi connectivity index (χ4v) is 2.15. The van der Waals surface area contributed by atoms with Gasteiger partial charge in [0, 0.05) is 30.3 Å². The van der Waals surface area contributed by atoms with Gasteiger partial charge in [-0.1, -0.05) is 46.8 Å². The normalized spacial score (nSPS) is 12.3. The number of primary amides is 1. The second-order valence-electron chi connectivity index (χ2n) is 9.12. The van der Waals surface area contributed by atoms with Gasteiger partial charge in [-0.2, -0.15) is 12.6 Å². The summed E-state index contributed by atoms with van der Waals surface area (Å²) in [5.74, 6) is -1.00. The highest BCUT2D eigenvalue weighted by Gasteiger charge is 2.28. The molecule has 6 N–H and O–H groups in total. The topological polar surface area (TPSA) is 127 Å². The Morgan fingerprint density at radius 1 is 1.10 bits per heavy atom. The lowest BCUT2D eigenvalue weighted by Crippen LogP contribution is -2.43. The summed E-state index contributed by atoms with van der Waals surface area (Å²) in [4.78, 5) is 34.1. The molecule has 1 aromatic carbocycles. The van der Waals surface area contributed by atoms with Crippen molar-refractivity contribution in [3.63, 3.8) is 0 Å². The highest BCUT2D eigenvalue weighted by Crippen LogP contribution is 2.34. The van der Waals surface area contributed by atoms with E-state index in [1.165, 1.54) is 6.92 Å². The SMILES string of the molecule is CC(=O)NC(CCCCNC(=O)c1cccc(CN)c1)C(N)=O.CC(C)(C)C(C)(C)S. The van der Waals surface area contributed by atoms with E-state index in [-0.39, 0.29) is 16.6 Å². The van der Waals surface area contributed by atoms with E-state index in [0.717, 1.165) is 5.56 Å². The number of nitrogens with two attached hydrogens (primary N) is 2. The second-order valence-corrected chi connectivity index (χ2v) is 10.2. The molecule has 7 nitrogen and oxygen atoms in total. The average Bonchev–Trinajstić information content (AvgIpc) is 2.65. The van der Waals surface area contributed by atoms with Crippen LogP contribution in [0.25, 0.3) is 0 Å². The predicted octanol–water partition coefficient (Wildman–Crippen LogP) is 2.78. The highest BCUT2D eigenvalue weighted by atomic mass is 32.1. The lowest BCUT2D eigenvalue weighted by Gasteiger charge is -2.33. The van der Waals surface area contributed by atoms with Gasteiger partial charge in [-0.25, -0.2) is 0 Å². The van der Waals surface area contributed by atoms with Crippen molar-refractivity contribution in [1.29, 1.82) is 0 Å². The van der Waals surface area contributed by atoms with Gasteiger partial charge in [-0.05, 0) is 42.4 Å². The Hall–Kier alpha value is -2.06. The molecule has 1 aromatic rings. The average molecular weight is 453 g/mol. The fourth-order valence-electron chi connectivity index (χ4n) is 2.15. The molecule has 8 heteroatoms. The predicted molar refractivity (Wildman–Crippen MR) is 130 cm³/mol. The van der Waals surface area contributed by atoms with Gasteiger partial charge in [-0.15, -0.1) is 0 Å². The van der Waals surface area contributed by atoms with Crippen molar-refractivity contribution in [2.45, 2.75) is 78.1 Å². The number of thiol groups is 1. The van der Waals surface area contributed by atoms with Crippen LogP contribution in [0.15, 0.2) is 24.3 Å². The molecule has 0 heterocycles. The Morgan fingerprint density at radius 2 is 1.68 bits per heavy atom. The molecule has 3 amide bonds. The van der Waals surface area contributed by atoms with E-state index in [1.54, 1.807) is 18.2 Å². The van der Waals surface area contributed by atoms with Crippen molar-refractivity contribution in [1.82, 2.24) is 10.6 Å². The van der Waals surface area contributed by atoms with Crippen LogP contribution in [0.1, 0.15) is 76.7 Å². The van der Waals surface area contributed by atoms with Crippen molar-refractivity contribution < 1.29 is 14.4 Å². The Morgan fingerprint density at radius 3 is 2.13 bits per heavy atom. The second kappa shape index (κ2) is 13.4. The maximum atomic E-state index is 12.0. The molecule has 176 valence electrons. The molecular formula is C23H40N4O3S. The number of hydrogen-bond acceptors (Lipinski definition) is 5. The molecule has 0 aliphatic carbocycles. The van der Waals surface area contributed by atoms with Crippen molar-refractivity contribution in [2.24, 2.45) is 16.9 Å². The van der Waals surface area contributed by atoms with Crippen LogP contribution in [-0.4, -0.2) is 35.1 Å². The molecule has 31 heavy (non-hydrogen) atoms. The van der Waals surface area contributed by atoms with Gasteiger partial charge in [0.25, 0.3) is 5.91 Å². The van der Waals surface area contributed by atoms with Gasteiger partial charge in [0.05, 0.1) is 0 Å². The van der Waals surface area contributed by atoms with Crippen LogP contribution in [0.4, 0.5) is 0 Å². The minimum Gasteiger partial charge on any atom is -0.368 e. The summed E-state index contributed by atoms with van der Waals surface area (Å²) < 4.78 is 0.132. The van der Waals surface area contributed by atoms with Gasteiger partial charge < -0.3 is 22.1 Å². The van der Waals surface area contributed by atoms with Crippen molar-refractivity contribution in [2.75, 3.05) is 6.54 Å². The van der Waals surface area contributed by atoms with E-state index in [2.05, 4.69) is 57.9 Å². The van der Waals surface area contributed by atoms with Gasteiger partial charge in [0.2, 0.25) is 11.8 Å². The number of carbonyl (C=O) groups is 3. The van der Waals surface area contributed by atoms with Gasteiger partial charge in [-0.3, -0.25) is 14.4 Å². The Bertz CT molecular complexity index is 712. The van der Waals surface area contributed by atoms with Gasteiger partial charge in [0.1, 0.15) is 6.04 Å². The van der Waals surface area contributed by atoms with E-state index in [9.17, 15) is 14.4 Å². The highest BCUT2D eigenvalue weighted by molar-refractivity contribution is 7.81. The molecule has 1 atom stereocenters. The maximum absolute atomic E-state index is 12.0. The first-order chi connectivity index (χ1) is 14.2. The smallest absolute Gasteiger partial charge is 0.251 e. The largest absolute Gasteiger partial charge is 0.368 e. The molecule has 0 fully saturated rings. The summed E-state index contributed by atoms with van der Waals surface area (Å²) in [6.45, 7) is 13.1. The minimum atomic E-state index is -0.663. The molecular weight excluding hydrogens is 412 g/mol. The Labute approximate surface area is 192 Å². The summed E-state index contributed by atoms with van der Waals surface area (Å²) in [6, 6.07) is 6.48. The van der Waals surface area contributed by atoms with E-state index in [1.807, 2.05) is 6.07 Å². The Kier molecular flexibility index (Phi) is 12.5. The summed E-state index contributed by atoms with van der Waals surface area (Å²) >= 11 is 4.44. The van der Waals surface area contributed by atoms with Crippen LogP contribution in [0.3, 0.4) is 0 Å². The van der Waals surface area contributed by atoms with Crippen molar-refractivity contribution in [3.05, 3.63) is 35.4 Å². The summed E-state index contributed by atoms with van der Waals surface area (Å²) in [6.07, 6.45) is 1.80. The molecule has 0 radical (unpaired) electrons. The van der Waals surface area contributed by atoms with Crippen LogP contribution in [-0.2, 0) is 16.1 Å². The molecule has 1 rings (SSSR count). The number of unbranched alkanes of at least 4 members (excludes halogenated alkanes) is 1. The van der Waals surface area contributed by atoms with Crippen LogP contribution in [0, 0.1) is 5.41 Å². The molecule has 0 saturated heterocycles. The monoisotopic (exact) mass is 452 g/mol. The van der Waals surface area contributed by atoms with E-state index in [0.29, 0.717) is 43.3 Å². The zero-order chi connectivity index (χ0) is 24.2. The third-order valence-corrected chi connectivity index (χ3v) is 5.86. The molecule has 0 aromatic heterocycles. The number of carbonyl (C=O) groups excluding carboxylic acids is 3. The minimum absolute atomic E-state index is 0.132. The van der Waals surface area contributed by atoms with Crippen LogP contribution < -0.4 is 22.1 Å². The molecule has 0 aliphatic heterocycles. The first-order valence-corrected chi connectivity index (χ1v) is 11.0. The first kappa shape index (κ1) is 28.9. The molecule has 0 bridgehead atoms. The lowest BCUT2D eigenvalue weighted by atomic mass is 9.83. The summed E-state index contributed by atoms with van der Waals surface area (Å²) in [7, 11) is 0.